The number of amides is 2. The van der Waals surface area contributed by atoms with Crippen LogP contribution in [-0.4, -0.2) is 30.1 Å². The fraction of sp³-hybridized carbons (Fsp3) is 0.933. The van der Waals surface area contributed by atoms with Gasteiger partial charge in [0.15, 0.2) is 0 Å². The van der Waals surface area contributed by atoms with Gasteiger partial charge in [0.25, 0.3) is 0 Å². The second-order valence-electron chi connectivity index (χ2n) is 6.06. The molecule has 0 aromatic carbocycles. The van der Waals surface area contributed by atoms with Crippen LogP contribution in [0.25, 0.3) is 0 Å². The van der Waals surface area contributed by atoms with Crippen LogP contribution in [-0.2, 0) is 0 Å². The Balaban J connectivity index is 1.58. The van der Waals surface area contributed by atoms with Crippen molar-refractivity contribution in [2.45, 2.75) is 69.1 Å². The van der Waals surface area contributed by atoms with E-state index in [1.54, 1.807) is 0 Å². The molecule has 2 fully saturated rings. The van der Waals surface area contributed by atoms with Crippen molar-refractivity contribution in [3.63, 3.8) is 0 Å². The molecular formula is C15H28N2OS. The lowest BCUT2D eigenvalue weighted by molar-refractivity contribution is 0.232. The molecule has 0 saturated heterocycles. The average Bonchev–Trinajstić information content (AvgIpc) is 2.92. The summed E-state index contributed by atoms with van der Waals surface area (Å²) in [5.74, 6) is 0.857. The van der Waals surface area contributed by atoms with Crippen LogP contribution in [0.15, 0.2) is 0 Å². The molecule has 110 valence electrons. The Morgan fingerprint density at radius 3 is 2.68 bits per heavy atom. The third kappa shape index (κ3) is 5.25. The molecule has 0 aromatic rings. The molecule has 2 unspecified atom stereocenters. The molecule has 0 bridgehead atoms. The number of hydrogen-bond acceptors (Lipinski definition) is 2. The van der Waals surface area contributed by atoms with E-state index in [9.17, 15) is 4.79 Å². The van der Waals surface area contributed by atoms with Crippen LogP contribution in [0, 0.1) is 5.92 Å². The number of thioether (sulfide) groups is 1. The van der Waals surface area contributed by atoms with E-state index in [1.807, 2.05) is 11.8 Å². The molecule has 2 aliphatic rings. The topological polar surface area (TPSA) is 41.1 Å². The highest BCUT2D eigenvalue weighted by Crippen LogP contribution is 2.27. The normalized spacial score (nSPS) is 28.3. The van der Waals surface area contributed by atoms with Crippen LogP contribution >= 0.6 is 11.8 Å². The molecule has 2 saturated carbocycles. The lowest BCUT2D eigenvalue weighted by Crippen LogP contribution is -2.44. The summed E-state index contributed by atoms with van der Waals surface area (Å²) in [6.07, 6.45) is 13.7. The van der Waals surface area contributed by atoms with Crippen LogP contribution in [0.3, 0.4) is 0 Å². The maximum Gasteiger partial charge on any atom is 0.315 e. The molecule has 2 aliphatic carbocycles. The van der Waals surface area contributed by atoms with Crippen LogP contribution in [0.5, 0.6) is 0 Å². The van der Waals surface area contributed by atoms with Gasteiger partial charge in [-0.05, 0) is 37.9 Å². The Kier molecular flexibility index (Phi) is 6.35. The summed E-state index contributed by atoms with van der Waals surface area (Å²) in [6, 6.07) is 0.433. The summed E-state index contributed by atoms with van der Waals surface area (Å²) in [7, 11) is 0. The minimum Gasteiger partial charge on any atom is -0.338 e. The molecule has 19 heavy (non-hydrogen) atoms. The number of urea groups is 1. The van der Waals surface area contributed by atoms with Gasteiger partial charge in [0, 0.05) is 17.8 Å². The first kappa shape index (κ1) is 15.0. The zero-order chi connectivity index (χ0) is 13.5. The van der Waals surface area contributed by atoms with E-state index >= 15 is 0 Å². The number of carbonyl (C=O) groups is 1. The Morgan fingerprint density at radius 1 is 1.16 bits per heavy atom. The predicted molar refractivity (Wildman–Crippen MR) is 82.7 cm³/mol. The second kappa shape index (κ2) is 8.03. The van der Waals surface area contributed by atoms with Gasteiger partial charge < -0.3 is 10.6 Å². The minimum absolute atomic E-state index is 0.0461. The molecule has 2 atom stereocenters. The fourth-order valence-corrected chi connectivity index (χ4v) is 4.24. The van der Waals surface area contributed by atoms with Gasteiger partial charge in [0.1, 0.15) is 0 Å². The van der Waals surface area contributed by atoms with Crippen molar-refractivity contribution < 1.29 is 4.79 Å². The zero-order valence-electron chi connectivity index (χ0n) is 12.1. The zero-order valence-corrected chi connectivity index (χ0v) is 12.9. The molecule has 2 rings (SSSR count). The highest BCUT2D eigenvalue weighted by molar-refractivity contribution is 7.99. The first-order valence-electron chi connectivity index (χ1n) is 7.85. The standard InChI is InChI=1S/C15H28N2OS/c1-19-14-8-4-7-13(11-14)17-15(18)16-10-9-12-5-2-3-6-12/h12-14H,2-11H2,1H3,(H2,16,17,18). The quantitative estimate of drug-likeness (QED) is 0.811. The molecule has 0 aliphatic heterocycles. The average molecular weight is 284 g/mol. The predicted octanol–water partition coefficient (Wildman–Crippen LogP) is 3.54. The molecule has 0 heterocycles. The Morgan fingerprint density at radius 2 is 1.95 bits per heavy atom. The van der Waals surface area contributed by atoms with Crippen molar-refractivity contribution in [3.05, 3.63) is 0 Å². The van der Waals surface area contributed by atoms with Crippen LogP contribution in [0.1, 0.15) is 57.8 Å². The molecule has 2 amide bonds. The third-order valence-corrected chi connectivity index (χ3v) is 5.70. The van der Waals surface area contributed by atoms with Crippen molar-refractivity contribution in [2.24, 2.45) is 5.92 Å². The van der Waals surface area contributed by atoms with Gasteiger partial charge in [-0.15, -0.1) is 0 Å². The molecule has 4 heteroatoms. The van der Waals surface area contributed by atoms with Gasteiger partial charge in [0.05, 0.1) is 0 Å². The Bertz CT molecular complexity index is 279. The van der Waals surface area contributed by atoms with Crippen molar-refractivity contribution in [1.29, 1.82) is 0 Å². The molecule has 0 aromatic heterocycles. The minimum atomic E-state index is 0.0461. The third-order valence-electron chi connectivity index (χ3n) is 4.61. The summed E-state index contributed by atoms with van der Waals surface area (Å²) in [5.41, 5.74) is 0. The monoisotopic (exact) mass is 284 g/mol. The van der Waals surface area contributed by atoms with E-state index in [2.05, 4.69) is 16.9 Å². The highest BCUT2D eigenvalue weighted by Gasteiger charge is 2.22. The van der Waals surface area contributed by atoms with Crippen LogP contribution in [0.2, 0.25) is 0 Å². The summed E-state index contributed by atoms with van der Waals surface area (Å²) in [5, 5.41) is 6.91. The first-order valence-corrected chi connectivity index (χ1v) is 9.14. The largest absolute Gasteiger partial charge is 0.338 e. The highest BCUT2D eigenvalue weighted by atomic mass is 32.2. The maximum atomic E-state index is 11.9. The van der Waals surface area contributed by atoms with E-state index < -0.39 is 0 Å². The molecule has 2 N–H and O–H groups in total. The van der Waals surface area contributed by atoms with E-state index in [0.29, 0.717) is 6.04 Å². The van der Waals surface area contributed by atoms with Gasteiger partial charge in [0.2, 0.25) is 0 Å². The van der Waals surface area contributed by atoms with Gasteiger partial charge in [-0.25, -0.2) is 4.79 Å². The van der Waals surface area contributed by atoms with E-state index in [0.717, 1.165) is 37.0 Å². The molecule has 0 radical (unpaired) electrons. The Hall–Kier alpha value is -0.380. The summed E-state index contributed by atoms with van der Waals surface area (Å²) >= 11 is 1.94. The fourth-order valence-electron chi connectivity index (χ4n) is 3.42. The number of carbonyl (C=O) groups excluding carboxylic acids is 1. The summed E-state index contributed by atoms with van der Waals surface area (Å²) in [6.45, 7) is 0.842. The number of hydrogen-bond donors (Lipinski definition) is 2. The molecular weight excluding hydrogens is 256 g/mol. The van der Waals surface area contributed by atoms with Crippen molar-refractivity contribution >= 4 is 17.8 Å². The van der Waals surface area contributed by atoms with Crippen molar-refractivity contribution in [1.82, 2.24) is 10.6 Å². The second-order valence-corrected chi connectivity index (χ2v) is 7.20. The smallest absolute Gasteiger partial charge is 0.315 e. The molecule has 3 nitrogen and oxygen atoms in total. The maximum absolute atomic E-state index is 11.9. The first-order chi connectivity index (χ1) is 9.28. The molecule has 0 spiro atoms. The summed E-state index contributed by atoms with van der Waals surface area (Å²) < 4.78 is 0. The van der Waals surface area contributed by atoms with Crippen molar-refractivity contribution in [2.75, 3.05) is 12.8 Å². The summed E-state index contributed by atoms with van der Waals surface area (Å²) in [4.78, 5) is 11.9. The van der Waals surface area contributed by atoms with Gasteiger partial charge in [-0.1, -0.05) is 32.1 Å². The van der Waals surface area contributed by atoms with Gasteiger partial charge in [-0.2, -0.15) is 11.8 Å². The SMILES string of the molecule is CSC1CCCC(NC(=O)NCCC2CCCC2)C1. The van der Waals surface area contributed by atoms with E-state index in [4.69, 9.17) is 0 Å². The number of nitrogens with one attached hydrogen (secondary N) is 2. The van der Waals surface area contributed by atoms with E-state index in [-0.39, 0.29) is 6.03 Å². The lowest BCUT2D eigenvalue weighted by Gasteiger charge is -2.28. The van der Waals surface area contributed by atoms with E-state index in [1.165, 1.54) is 38.5 Å². The number of rotatable bonds is 5. The van der Waals surface area contributed by atoms with Crippen LogP contribution in [0.4, 0.5) is 4.79 Å². The van der Waals surface area contributed by atoms with Crippen molar-refractivity contribution in [3.8, 4) is 0 Å². The van der Waals surface area contributed by atoms with Crippen LogP contribution < -0.4 is 10.6 Å². The van der Waals surface area contributed by atoms with Gasteiger partial charge >= 0.3 is 6.03 Å². The Labute approximate surface area is 121 Å². The lowest BCUT2D eigenvalue weighted by atomic mass is 9.95. The van der Waals surface area contributed by atoms with Gasteiger partial charge in [-0.3, -0.25) is 0 Å².